The number of aliphatic hydroxyl groups excluding tert-OH is 1. The van der Waals surface area contributed by atoms with Crippen molar-refractivity contribution in [2.45, 2.75) is 108 Å². The van der Waals surface area contributed by atoms with Gasteiger partial charge in [0.2, 0.25) is 17.7 Å². The molecule has 4 rings (SSSR count). The van der Waals surface area contributed by atoms with Gasteiger partial charge in [-0.15, -0.1) is 11.8 Å². The van der Waals surface area contributed by atoms with E-state index in [2.05, 4.69) is 16.0 Å². The van der Waals surface area contributed by atoms with Crippen molar-refractivity contribution in [2.24, 2.45) is 11.8 Å². The molecule has 3 aliphatic rings. The maximum Gasteiger partial charge on any atom is 0.328 e. The number of hydrogen-bond acceptors (Lipinski definition) is 9. The quantitative estimate of drug-likeness (QED) is 0.111. The Balaban J connectivity index is 1.57. The van der Waals surface area contributed by atoms with Crippen molar-refractivity contribution in [3.05, 3.63) is 59.7 Å². The molecular weight excluding hydrogens is 658 g/mol. The van der Waals surface area contributed by atoms with Crippen LogP contribution in [0.4, 0.5) is 11.4 Å². The lowest BCUT2D eigenvalue weighted by molar-refractivity contribution is -0.156. The first kappa shape index (κ1) is 38.9. The summed E-state index contributed by atoms with van der Waals surface area (Å²) >= 11 is 1.24. The fraction of sp³-hybridized carbons (Fsp3) is 0.526. The van der Waals surface area contributed by atoms with Crippen molar-refractivity contribution in [3.63, 3.8) is 0 Å². The van der Waals surface area contributed by atoms with Crippen LogP contribution in [0, 0.1) is 11.8 Å². The number of ether oxygens (including phenoxy) is 2. The summed E-state index contributed by atoms with van der Waals surface area (Å²) in [6, 6.07) is 0.877. The zero-order valence-electron chi connectivity index (χ0n) is 29.4. The Bertz CT molecular complexity index is 1510. The number of nitrogens with one attached hydrogen (secondary N) is 3. The van der Waals surface area contributed by atoms with Gasteiger partial charge < -0.3 is 35.6 Å². The zero-order chi connectivity index (χ0) is 36.2. The number of allylic oxidation sites excluding steroid dienone is 5. The summed E-state index contributed by atoms with van der Waals surface area (Å²) < 4.78 is 11.4. The van der Waals surface area contributed by atoms with Gasteiger partial charge in [-0.1, -0.05) is 68.7 Å². The highest BCUT2D eigenvalue weighted by atomic mass is 32.2. The van der Waals surface area contributed by atoms with Crippen LogP contribution in [-0.2, 0) is 35.1 Å². The summed E-state index contributed by atoms with van der Waals surface area (Å²) in [6.45, 7) is 5.24. The predicted molar refractivity (Wildman–Crippen MR) is 195 cm³/mol. The molecule has 1 aromatic rings. The Hall–Kier alpha value is -3.87. The van der Waals surface area contributed by atoms with Gasteiger partial charge in [0.1, 0.15) is 17.9 Å². The van der Waals surface area contributed by atoms with Gasteiger partial charge in [0, 0.05) is 25.4 Å². The van der Waals surface area contributed by atoms with Crippen molar-refractivity contribution < 1.29 is 38.9 Å². The number of carbonyl (C=O) groups excluding carboxylic acids is 4. The number of aromatic hydroxyl groups is 1. The molecule has 272 valence electrons. The number of benzene rings is 1. The molecule has 0 aromatic heterocycles. The highest BCUT2D eigenvalue weighted by Gasteiger charge is 2.31. The molecule has 0 unspecified atom stereocenters. The number of thioether (sulfide) groups is 1. The van der Waals surface area contributed by atoms with E-state index in [1.54, 1.807) is 44.2 Å². The van der Waals surface area contributed by atoms with E-state index in [1.807, 2.05) is 25.2 Å². The Morgan fingerprint density at radius 1 is 1.06 bits per heavy atom. The number of hydrogen-bond donors (Lipinski definition) is 5. The topological polar surface area (TPSA) is 163 Å². The Labute approximate surface area is 299 Å². The molecule has 5 N–H and O–H groups in total. The van der Waals surface area contributed by atoms with E-state index >= 15 is 0 Å². The van der Waals surface area contributed by atoms with Crippen molar-refractivity contribution in [2.75, 3.05) is 23.5 Å². The molecule has 2 heterocycles. The van der Waals surface area contributed by atoms with Crippen LogP contribution in [-0.4, -0.2) is 71.1 Å². The molecule has 1 aliphatic carbocycles. The summed E-state index contributed by atoms with van der Waals surface area (Å²) in [6.07, 6.45) is 16.3. The molecule has 2 bridgehead atoms. The smallest absolute Gasteiger partial charge is 0.328 e. The fourth-order valence-corrected chi connectivity index (χ4v) is 7.27. The second kappa shape index (κ2) is 18.9. The van der Waals surface area contributed by atoms with E-state index in [-0.39, 0.29) is 47.3 Å². The molecule has 1 fully saturated rings. The third-order valence-electron chi connectivity index (χ3n) is 9.46. The minimum Gasteiger partial charge on any atom is -0.505 e. The summed E-state index contributed by atoms with van der Waals surface area (Å²) in [4.78, 5) is 51.9. The van der Waals surface area contributed by atoms with Gasteiger partial charge in [0.25, 0.3) is 0 Å². The van der Waals surface area contributed by atoms with Gasteiger partial charge in [-0.05, 0) is 56.7 Å². The third kappa shape index (κ3) is 10.8. The lowest BCUT2D eigenvalue weighted by atomic mass is 9.88. The molecule has 2 aliphatic heterocycles. The highest BCUT2D eigenvalue weighted by Crippen LogP contribution is 2.45. The first-order valence-corrected chi connectivity index (χ1v) is 18.5. The second-order valence-corrected chi connectivity index (χ2v) is 14.2. The van der Waals surface area contributed by atoms with E-state index in [0.717, 1.165) is 32.1 Å². The van der Waals surface area contributed by atoms with Crippen LogP contribution >= 0.6 is 11.8 Å². The van der Waals surface area contributed by atoms with E-state index in [0.29, 0.717) is 41.0 Å². The molecule has 50 heavy (non-hydrogen) atoms. The predicted octanol–water partition coefficient (Wildman–Crippen LogP) is 5.73. The van der Waals surface area contributed by atoms with Crippen molar-refractivity contribution in [1.29, 1.82) is 0 Å². The van der Waals surface area contributed by atoms with E-state index < -0.39 is 36.2 Å². The van der Waals surface area contributed by atoms with Gasteiger partial charge in [0.15, 0.2) is 0 Å². The van der Waals surface area contributed by atoms with Gasteiger partial charge in [-0.2, -0.15) is 0 Å². The van der Waals surface area contributed by atoms with Gasteiger partial charge in [-0.3, -0.25) is 14.4 Å². The van der Waals surface area contributed by atoms with Crippen LogP contribution in [0.25, 0.3) is 0 Å². The van der Waals surface area contributed by atoms with E-state index in [4.69, 9.17) is 9.47 Å². The minimum absolute atomic E-state index is 0.00354. The van der Waals surface area contributed by atoms with Gasteiger partial charge in [-0.25, -0.2) is 4.79 Å². The average Bonchev–Trinajstić information content (AvgIpc) is 3.10. The monoisotopic (exact) mass is 709 g/mol. The fourth-order valence-electron chi connectivity index (χ4n) is 6.37. The Morgan fingerprint density at radius 3 is 2.54 bits per heavy atom. The van der Waals surface area contributed by atoms with Gasteiger partial charge >= 0.3 is 5.97 Å². The molecule has 12 heteroatoms. The number of phenols is 1. The van der Waals surface area contributed by atoms with Crippen molar-refractivity contribution >= 4 is 46.8 Å². The highest BCUT2D eigenvalue weighted by molar-refractivity contribution is 8.00. The first-order chi connectivity index (χ1) is 24.0. The Morgan fingerprint density at radius 2 is 1.80 bits per heavy atom. The van der Waals surface area contributed by atoms with Crippen LogP contribution in [0.5, 0.6) is 5.75 Å². The van der Waals surface area contributed by atoms with Gasteiger partial charge in [0.05, 0.1) is 40.7 Å². The lowest BCUT2D eigenvalue weighted by Gasteiger charge is -2.29. The number of phenolic OH excluding ortho intramolecular Hbond substituents is 1. The number of anilines is 2. The van der Waals surface area contributed by atoms with Crippen molar-refractivity contribution in [3.8, 4) is 5.75 Å². The number of methoxy groups -OCH3 is 1. The maximum atomic E-state index is 13.2. The molecule has 0 spiro atoms. The molecular formula is C38H51N3O8S. The summed E-state index contributed by atoms with van der Waals surface area (Å²) in [7, 11) is 1.51. The third-order valence-corrected chi connectivity index (χ3v) is 10.6. The normalized spacial score (nSPS) is 27.8. The molecule has 11 nitrogen and oxygen atoms in total. The largest absolute Gasteiger partial charge is 0.505 e. The number of aryl methyl sites for hydroxylation is 1. The number of esters is 1. The molecule has 0 radical (unpaired) electrons. The summed E-state index contributed by atoms with van der Waals surface area (Å²) in [5.74, 6) is -1.73. The van der Waals surface area contributed by atoms with E-state index in [1.165, 1.54) is 18.9 Å². The number of fused-ring (bicyclic) bond motifs is 4. The minimum atomic E-state index is -0.949. The standard InChI is InChI=1S/C38H51N3O8S/c1-23-14-13-17-27-20-29-36(50-22-32(43)40-29)33(35(27)45)41-31(42)21-28(48-4)18-11-6-5-7-12-19-30(24(2)34(23)44)49-38(47)25(3)39-37(46)26-15-9-8-10-16-26/h5-7,11-12,14,18,20,24-26,28,30,34,44-45H,8-10,13,15-17,19,21-22H2,1-4H3,(H,39,46)(H,40,43)(H,41,42)/b6-5-,12-7-,18-11-,23-14-/t24-,25-,28-,30+,34+/m0/s1. The number of amides is 3. The van der Waals surface area contributed by atoms with Crippen LogP contribution in [0.15, 0.2) is 59.1 Å². The summed E-state index contributed by atoms with van der Waals surface area (Å²) in [5.41, 5.74) is 1.94. The lowest BCUT2D eigenvalue weighted by Crippen LogP contribution is -2.45. The number of rotatable bonds is 5. The van der Waals surface area contributed by atoms with E-state index in [9.17, 15) is 29.4 Å². The molecule has 0 saturated heterocycles. The first-order valence-electron chi connectivity index (χ1n) is 17.5. The summed E-state index contributed by atoms with van der Waals surface area (Å²) in [5, 5.41) is 31.2. The second-order valence-electron chi connectivity index (χ2n) is 13.3. The SMILES string of the molecule is CO[C@H]1\C=C/C=C\C=C/C[C@@H](OC(=O)[C@H](C)NC(=O)C2CCCCC2)[C@H](C)[C@H](O)/C(C)=C\CCc2cc3c(c(c2O)NC(=O)C1)SCC(=O)N3. The number of aliphatic hydroxyl groups is 1. The molecule has 3 amide bonds. The van der Waals surface area contributed by atoms with Crippen LogP contribution < -0.4 is 16.0 Å². The van der Waals surface area contributed by atoms with Crippen LogP contribution in [0.2, 0.25) is 0 Å². The van der Waals surface area contributed by atoms with Crippen LogP contribution in [0.1, 0.15) is 77.7 Å². The molecule has 5 atom stereocenters. The molecule has 1 aromatic carbocycles. The molecule has 1 saturated carbocycles. The zero-order valence-corrected chi connectivity index (χ0v) is 30.2. The van der Waals surface area contributed by atoms with Crippen LogP contribution in [0.3, 0.4) is 0 Å². The Kier molecular flexibility index (Phi) is 14.7. The number of carbonyl (C=O) groups is 4. The average molecular weight is 710 g/mol. The maximum absolute atomic E-state index is 13.2. The van der Waals surface area contributed by atoms with Crippen molar-refractivity contribution in [1.82, 2.24) is 5.32 Å².